The number of hydrogen-bond acceptors (Lipinski definition) is 2. The average molecular weight is 259 g/mol. The zero-order valence-corrected chi connectivity index (χ0v) is 10.0. The van der Waals surface area contributed by atoms with Crippen LogP contribution in [0.3, 0.4) is 0 Å². The van der Waals surface area contributed by atoms with Crippen LogP contribution in [0, 0.1) is 11.6 Å². The van der Waals surface area contributed by atoms with Crippen LogP contribution in [0.4, 0.5) is 8.78 Å². The summed E-state index contributed by atoms with van der Waals surface area (Å²) in [6.45, 7) is 1.28. The number of rotatable bonds is 3. The molecule has 0 aromatic heterocycles. The lowest BCUT2D eigenvalue weighted by atomic mass is 10.2. The van der Waals surface area contributed by atoms with E-state index in [0.29, 0.717) is 6.54 Å². The molecule has 2 nitrogen and oxygen atoms in total. The molecule has 0 saturated heterocycles. The van der Waals surface area contributed by atoms with Crippen molar-refractivity contribution in [3.05, 3.63) is 35.4 Å². The van der Waals surface area contributed by atoms with Crippen molar-refractivity contribution in [2.45, 2.75) is 12.8 Å². The average Bonchev–Trinajstić information content (AvgIpc) is 2.75. The van der Waals surface area contributed by atoms with Gasteiger partial charge in [0.05, 0.1) is 12.1 Å². The van der Waals surface area contributed by atoms with Crippen LogP contribution in [0.15, 0.2) is 28.2 Å². The molecule has 0 bridgehead atoms. The molecule has 0 N–H and O–H groups in total. The van der Waals surface area contributed by atoms with E-state index < -0.39 is 11.6 Å². The van der Waals surface area contributed by atoms with E-state index in [4.69, 9.17) is 0 Å². The van der Waals surface area contributed by atoms with Crippen LogP contribution in [-0.4, -0.2) is 25.0 Å². The topological polar surface area (TPSA) is 24.7 Å². The molecule has 0 spiro atoms. The van der Waals surface area contributed by atoms with Crippen LogP contribution >= 0.6 is 12.4 Å². The van der Waals surface area contributed by atoms with Gasteiger partial charge in [-0.1, -0.05) is 6.07 Å². The van der Waals surface area contributed by atoms with Crippen molar-refractivity contribution in [1.82, 2.24) is 0 Å². The normalized spacial score (nSPS) is 14.8. The minimum absolute atomic E-state index is 0. The third-order valence-electron chi connectivity index (χ3n) is 2.45. The second-order valence-electron chi connectivity index (χ2n) is 3.66. The highest BCUT2D eigenvalue weighted by Gasteiger charge is 2.06. The molecule has 2 rings (SSSR count). The fourth-order valence-corrected chi connectivity index (χ4v) is 1.60. The van der Waals surface area contributed by atoms with Crippen molar-refractivity contribution in [3.63, 3.8) is 0 Å². The highest BCUT2D eigenvalue weighted by molar-refractivity contribution is 5.90. The molecule has 0 fully saturated rings. The van der Waals surface area contributed by atoms with Crippen molar-refractivity contribution >= 4 is 24.3 Å². The van der Waals surface area contributed by atoms with Gasteiger partial charge in [0.2, 0.25) is 0 Å². The van der Waals surface area contributed by atoms with Crippen LogP contribution in [0.1, 0.15) is 18.4 Å². The highest BCUT2D eigenvalue weighted by Crippen LogP contribution is 2.09. The molecular weight excluding hydrogens is 246 g/mol. The summed E-state index contributed by atoms with van der Waals surface area (Å²) in [5, 5.41) is 0. The maximum Gasteiger partial charge on any atom is 0.134 e. The van der Waals surface area contributed by atoms with E-state index in [0.717, 1.165) is 25.1 Å². The molecule has 0 saturated carbocycles. The molecule has 5 heteroatoms. The first kappa shape index (κ1) is 13.8. The minimum Gasteiger partial charge on any atom is -0.292 e. The van der Waals surface area contributed by atoms with Gasteiger partial charge >= 0.3 is 0 Å². The Morgan fingerprint density at radius 1 is 1.29 bits per heavy atom. The summed E-state index contributed by atoms with van der Waals surface area (Å²) in [6.07, 6.45) is 3.24. The van der Waals surface area contributed by atoms with Gasteiger partial charge in [-0.15, -0.1) is 12.4 Å². The van der Waals surface area contributed by atoms with Crippen LogP contribution in [0.25, 0.3) is 0 Å². The number of hydrogen-bond donors (Lipinski definition) is 0. The fraction of sp³-hybridized carbons (Fsp3) is 0.333. The minimum atomic E-state index is -0.586. The Kier molecular flexibility index (Phi) is 5.22. The predicted molar refractivity (Wildman–Crippen MR) is 67.6 cm³/mol. The Morgan fingerprint density at radius 3 is 2.59 bits per heavy atom. The van der Waals surface area contributed by atoms with Crippen molar-refractivity contribution in [2.24, 2.45) is 9.98 Å². The number of nitrogens with zero attached hydrogens (tertiary/aromatic N) is 2. The van der Waals surface area contributed by atoms with E-state index >= 15 is 0 Å². The standard InChI is InChI=1S/C12H12F2N2.ClH/c13-11-4-1-5-12(14)10(11)8-15-7-9-3-2-6-16-9;/h1,4-5,8H,2-3,6-7H2;1H. The number of benzene rings is 1. The summed E-state index contributed by atoms with van der Waals surface area (Å²) < 4.78 is 26.4. The van der Waals surface area contributed by atoms with Gasteiger partial charge in [-0.2, -0.15) is 0 Å². The van der Waals surface area contributed by atoms with E-state index in [1.807, 2.05) is 0 Å². The molecule has 1 aromatic carbocycles. The Hall–Kier alpha value is -1.29. The summed E-state index contributed by atoms with van der Waals surface area (Å²) in [4.78, 5) is 8.24. The number of aliphatic imine (C=N–C) groups is 2. The van der Waals surface area contributed by atoms with Gasteiger partial charge in [-0.25, -0.2) is 8.78 Å². The zero-order valence-electron chi connectivity index (χ0n) is 9.20. The van der Waals surface area contributed by atoms with E-state index in [2.05, 4.69) is 9.98 Å². The van der Waals surface area contributed by atoms with Gasteiger partial charge in [0.15, 0.2) is 0 Å². The van der Waals surface area contributed by atoms with E-state index in [1.165, 1.54) is 24.4 Å². The second kappa shape index (κ2) is 6.45. The van der Waals surface area contributed by atoms with E-state index in [9.17, 15) is 8.78 Å². The molecule has 1 heterocycles. The number of halogens is 3. The summed E-state index contributed by atoms with van der Waals surface area (Å²) in [6, 6.07) is 3.78. The van der Waals surface area contributed by atoms with Gasteiger partial charge in [0.25, 0.3) is 0 Å². The Morgan fingerprint density at radius 2 is 2.00 bits per heavy atom. The summed E-state index contributed by atoms with van der Waals surface area (Å²) in [7, 11) is 0. The van der Waals surface area contributed by atoms with E-state index in [-0.39, 0.29) is 18.0 Å². The quantitative estimate of drug-likeness (QED) is 0.745. The first-order chi connectivity index (χ1) is 7.77. The Labute approximate surface area is 105 Å². The molecule has 92 valence electrons. The Balaban J connectivity index is 0.00000144. The van der Waals surface area contributed by atoms with Gasteiger partial charge in [0, 0.05) is 18.5 Å². The maximum atomic E-state index is 13.2. The van der Waals surface area contributed by atoms with Gasteiger partial charge in [-0.3, -0.25) is 9.98 Å². The largest absolute Gasteiger partial charge is 0.292 e. The van der Waals surface area contributed by atoms with Crippen LogP contribution < -0.4 is 0 Å². The van der Waals surface area contributed by atoms with E-state index in [1.54, 1.807) is 0 Å². The lowest BCUT2D eigenvalue weighted by Crippen LogP contribution is -2.00. The summed E-state index contributed by atoms with van der Waals surface area (Å²) >= 11 is 0. The van der Waals surface area contributed by atoms with Gasteiger partial charge in [0.1, 0.15) is 11.6 Å². The van der Waals surface area contributed by atoms with Crippen molar-refractivity contribution in [2.75, 3.05) is 13.1 Å². The first-order valence-electron chi connectivity index (χ1n) is 5.23. The van der Waals surface area contributed by atoms with Crippen LogP contribution in [-0.2, 0) is 0 Å². The monoisotopic (exact) mass is 258 g/mol. The molecule has 0 unspecified atom stereocenters. The molecule has 0 radical (unpaired) electrons. The molecule has 0 atom stereocenters. The van der Waals surface area contributed by atoms with Crippen molar-refractivity contribution in [1.29, 1.82) is 0 Å². The van der Waals surface area contributed by atoms with Gasteiger partial charge < -0.3 is 0 Å². The highest BCUT2D eigenvalue weighted by atomic mass is 35.5. The van der Waals surface area contributed by atoms with Crippen molar-refractivity contribution in [3.8, 4) is 0 Å². The molecule has 1 aliphatic rings. The fourth-order valence-electron chi connectivity index (χ4n) is 1.60. The molecule has 17 heavy (non-hydrogen) atoms. The molecular formula is C12H13ClF2N2. The molecule has 0 aliphatic carbocycles. The summed E-state index contributed by atoms with van der Waals surface area (Å²) in [5.74, 6) is -1.17. The third-order valence-corrected chi connectivity index (χ3v) is 2.45. The lowest BCUT2D eigenvalue weighted by molar-refractivity contribution is 0.580. The SMILES string of the molecule is Cl.Fc1cccc(F)c1C=NCC1=NCCC1. The maximum absolute atomic E-state index is 13.2. The first-order valence-corrected chi connectivity index (χ1v) is 5.23. The van der Waals surface area contributed by atoms with Crippen molar-refractivity contribution < 1.29 is 8.78 Å². The third kappa shape index (κ3) is 3.60. The smallest absolute Gasteiger partial charge is 0.134 e. The Bertz CT molecular complexity index is 424. The lowest BCUT2D eigenvalue weighted by Gasteiger charge is -1.98. The van der Waals surface area contributed by atoms with Gasteiger partial charge in [-0.05, 0) is 25.0 Å². The molecule has 0 amide bonds. The second-order valence-corrected chi connectivity index (χ2v) is 3.66. The zero-order chi connectivity index (χ0) is 11.4. The van der Waals surface area contributed by atoms with Crippen LogP contribution in [0.5, 0.6) is 0 Å². The molecule has 1 aromatic rings. The summed E-state index contributed by atoms with van der Waals surface area (Å²) in [5.41, 5.74) is 0.925. The molecule has 1 aliphatic heterocycles. The predicted octanol–water partition coefficient (Wildman–Crippen LogP) is 3.04. The van der Waals surface area contributed by atoms with Crippen LogP contribution in [0.2, 0.25) is 0 Å².